The monoisotopic (exact) mass is 429 g/mol. The molecule has 2 heterocycles. The molecule has 3 fully saturated rings. The number of ether oxygens (including phenoxy) is 2. The molecule has 1 N–H and O–H groups in total. The maximum Gasteiger partial charge on any atom is 0.410 e. The number of nitrogens with zero attached hydrogens (tertiary/aromatic N) is 2. The van der Waals surface area contributed by atoms with E-state index in [1.54, 1.807) is 0 Å². The van der Waals surface area contributed by atoms with Gasteiger partial charge in [0.25, 0.3) is 0 Å². The van der Waals surface area contributed by atoms with Crippen LogP contribution in [0.2, 0.25) is 0 Å². The molecule has 170 valence electrons. The van der Waals surface area contributed by atoms with Crippen LogP contribution in [0.5, 0.6) is 0 Å². The Balaban J connectivity index is 1.11. The molecule has 0 bridgehead atoms. The fourth-order valence-corrected chi connectivity index (χ4v) is 4.89. The molecule has 0 spiro atoms. The Bertz CT molecular complexity index is 759. The van der Waals surface area contributed by atoms with Crippen molar-refractivity contribution in [2.45, 2.75) is 51.9 Å². The first kappa shape index (κ1) is 21.9. The Hall–Kier alpha value is -2.28. The number of hydrogen-bond donors (Lipinski definition) is 1. The minimum Gasteiger partial charge on any atom is -0.445 e. The van der Waals surface area contributed by atoms with E-state index in [2.05, 4.69) is 10.2 Å². The number of carbonyl (C=O) groups is 2. The van der Waals surface area contributed by atoms with Crippen LogP contribution in [0.15, 0.2) is 30.3 Å². The summed E-state index contributed by atoms with van der Waals surface area (Å²) in [5.41, 5.74) is 0.556. The van der Waals surface area contributed by atoms with Crippen LogP contribution in [-0.2, 0) is 16.1 Å². The van der Waals surface area contributed by atoms with Gasteiger partial charge in [0.2, 0.25) is 0 Å². The predicted molar refractivity (Wildman–Crippen MR) is 118 cm³/mol. The van der Waals surface area contributed by atoms with Gasteiger partial charge >= 0.3 is 12.2 Å². The van der Waals surface area contributed by atoms with Gasteiger partial charge in [0.05, 0.1) is 0 Å². The molecular weight excluding hydrogens is 394 g/mol. The van der Waals surface area contributed by atoms with Gasteiger partial charge in [-0.1, -0.05) is 30.3 Å². The number of rotatable bonds is 5. The number of likely N-dealkylation sites (tertiary alicyclic amines) is 2. The fourth-order valence-electron chi connectivity index (χ4n) is 4.89. The largest absolute Gasteiger partial charge is 0.445 e. The third-order valence-electron chi connectivity index (χ3n) is 6.55. The van der Waals surface area contributed by atoms with E-state index in [1.807, 2.05) is 56.0 Å². The molecule has 0 aromatic heterocycles. The molecule has 2 saturated heterocycles. The molecule has 31 heavy (non-hydrogen) atoms. The molecule has 7 heteroatoms. The van der Waals surface area contributed by atoms with E-state index >= 15 is 0 Å². The van der Waals surface area contributed by atoms with Crippen LogP contribution in [0.4, 0.5) is 9.59 Å². The van der Waals surface area contributed by atoms with Crippen LogP contribution >= 0.6 is 0 Å². The van der Waals surface area contributed by atoms with Gasteiger partial charge in [-0.3, -0.25) is 0 Å². The Morgan fingerprint density at radius 2 is 1.71 bits per heavy atom. The van der Waals surface area contributed by atoms with Crippen LogP contribution in [0.1, 0.15) is 39.2 Å². The normalized spacial score (nSPS) is 26.3. The highest BCUT2D eigenvalue weighted by Gasteiger charge is 2.56. The Kier molecular flexibility index (Phi) is 6.42. The van der Waals surface area contributed by atoms with E-state index in [-0.39, 0.29) is 18.2 Å². The third kappa shape index (κ3) is 5.91. The summed E-state index contributed by atoms with van der Waals surface area (Å²) in [5, 5.41) is 3.03. The molecule has 1 saturated carbocycles. The van der Waals surface area contributed by atoms with Crippen molar-refractivity contribution in [3.8, 4) is 0 Å². The van der Waals surface area contributed by atoms with Crippen molar-refractivity contribution < 1.29 is 19.1 Å². The number of nitrogens with one attached hydrogen (secondary N) is 1. The zero-order valence-electron chi connectivity index (χ0n) is 18.9. The van der Waals surface area contributed by atoms with Gasteiger partial charge in [-0.25, -0.2) is 9.59 Å². The van der Waals surface area contributed by atoms with Gasteiger partial charge in [-0.2, -0.15) is 0 Å². The summed E-state index contributed by atoms with van der Waals surface area (Å²) < 4.78 is 10.8. The van der Waals surface area contributed by atoms with Crippen molar-refractivity contribution in [1.29, 1.82) is 0 Å². The highest BCUT2D eigenvalue weighted by Crippen LogP contribution is 2.46. The first-order chi connectivity index (χ1) is 14.8. The van der Waals surface area contributed by atoms with Gasteiger partial charge < -0.3 is 24.6 Å². The lowest BCUT2D eigenvalue weighted by molar-refractivity contribution is 0.0510. The van der Waals surface area contributed by atoms with Gasteiger partial charge in [-0.15, -0.1) is 0 Å². The second kappa shape index (κ2) is 9.07. The highest BCUT2D eigenvalue weighted by molar-refractivity contribution is 5.69. The van der Waals surface area contributed by atoms with Crippen molar-refractivity contribution in [3.63, 3.8) is 0 Å². The van der Waals surface area contributed by atoms with E-state index in [9.17, 15) is 9.59 Å². The molecule has 2 aliphatic heterocycles. The summed E-state index contributed by atoms with van der Waals surface area (Å²) in [6.45, 7) is 10.7. The first-order valence-electron chi connectivity index (χ1n) is 11.5. The summed E-state index contributed by atoms with van der Waals surface area (Å²) in [4.78, 5) is 28.7. The fraction of sp³-hybridized carbons (Fsp3) is 0.667. The quantitative estimate of drug-likeness (QED) is 0.776. The summed E-state index contributed by atoms with van der Waals surface area (Å²) in [7, 11) is 0. The van der Waals surface area contributed by atoms with Gasteiger partial charge in [0.1, 0.15) is 12.2 Å². The maximum absolute atomic E-state index is 12.3. The Morgan fingerprint density at radius 1 is 1.06 bits per heavy atom. The summed E-state index contributed by atoms with van der Waals surface area (Å²) in [5.74, 6) is 1.73. The van der Waals surface area contributed by atoms with Crippen molar-refractivity contribution in [3.05, 3.63) is 35.9 Å². The molecule has 2 amide bonds. The van der Waals surface area contributed by atoms with E-state index in [0.29, 0.717) is 24.4 Å². The van der Waals surface area contributed by atoms with E-state index in [1.165, 1.54) is 0 Å². The Labute approximate surface area is 185 Å². The minimum absolute atomic E-state index is 0.208. The summed E-state index contributed by atoms with van der Waals surface area (Å²) in [6.07, 6.45) is 1.53. The molecule has 3 aliphatic rings. The average Bonchev–Trinajstić information content (AvgIpc) is 3.16. The lowest BCUT2D eigenvalue weighted by atomic mass is 9.96. The molecule has 0 radical (unpaired) electrons. The predicted octanol–water partition coefficient (Wildman–Crippen LogP) is 3.49. The molecule has 1 aliphatic carbocycles. The Morgan fingerprint density at radius 3 is 2.32 bits per heavy atom. The SMILES string of the molecule is CC(C)(C)OC(=O)NC1C2CN(CC3CCN(C(=O)OCc4ccccc4)CC3)CC21. The van der Waals surface area contributed by atoms with Crippen LogP contribution in [0.3, 0.4) is 0 Å². The van der Waals surface area contributed by atoms with Crippen molar-refractivity contribution >= 4 is 12.2 Å². The number of carbonyl (C=O) groups excluding carboxylic acids is 2. The number of benzene rings is 1. The highest BCUT2D eigenvalue weighted by atomic mass is 16.6. The molecule has 2 atom stereocenters. The average molecular weight is 430 g/mol. The van der Waals surface area contributed by atoms with E-state index < -0.39 is 5.60 Å². The van der Waals surface area contributed by atoms with Gasteiger partial charge in [0, 0.05) is 38.8 Å². The molecule has 2 unspecified atom stereocenters. The van der Waals surface area contributed by atoms with Crippen LogP contribution in [0, 0.1) is 17.8 Å². The second-order valence-corrected chi connectivity index (χ2v) is 10.2. The molecule has 4 rings (SSSR count). The van der Waals surface area contributed by atoms with E-state index in [0.717, 1.165) is 51.1 Å². The first-order valence-corrected chi connectivity index (χ1v) is 11.5. The minimum atomic E-state index is -0.455. The maximum atomic E-state index is 12.3. The number of amides is 2. The molecule has 7 nitrogen and oxygen atoms in total. The number of hydrogen-bond acceptors (Lipinski definition) is 5. The molecule has 1 aromatic carbocycles. The summed E-state index contributed by atoms with van der Waals surface area (Å²) in [6, 6.07) is 10.1. The summed E-state index contributed by atoms with van der Waals surface area (Å²) >= 11 is 0. The third-order valence-corrected chi connectivity index (χ3v) is 6.55. The smallest absolute Gasteiger partial charge is 0.410 e. The lowest BCUT2D eigenvalue weighted by Crippen LogP contribution is -2.43. The van der Waals surface area contributed by atoms with Crippen LogP contribution < -0.4 is 5.32 Å². The second-order valence-electron chi connectivity index (χ2n) is 10.2. The number of fused-ring (bicyclic) bond motifs is 1. The van der Waals surface area contributed by atoms with Crippen LogP contribution in [0.25, 0.3) is 0 Å². The van der Waals surface area contributed by atoms with Gasteiger partial charge in [0.15, 0.2) is 0 Å². The number of piperidine rings is 2. The molecule has 1 aromatic rings. The molecular formula is C24H35N3O4. The van der Waals surface area contributed by atoms with Crippen molar-refractivity contribution in [2.75, 3.05) is 32.7 Å². The van der Waals surface area contributed by atoms with Crippen LogP contribution in [-0.4, -0.2) is 66.4 Å². The zero-order chi connectivity index (χ0) is 22.0. The zero-order valence-corrected chi connectivity index (χ0v) is 18.9. The van der Waals surface area contributed by atoms with Crippen molar-refractivity contribution in [2.24, 2.45) is 17.8 Å². The van der Waals surface area contributed by atoms with Crippen molar-refractivity contribution in [1.82, 2.24) is 15.1 Å². The number of alkyl carbamates (subject to hydrolysis) is 1. The topological polar surface area (TPSA) is 71.1 Å². The van der Waals surface area contributed by atoms with Gasteiger partial charge in [-0.05, 0) is 56.9 Å². The standard InChI is InChI=1S/C24H35N3O4/c1-24(2,3)31-22(28)25-21-19-14-26(15-20(19)21)13-17-9-11-27(12-10-17)23(29)30-16-18-7-5-4-6-8-18/h4-8,17,19-21H,9-16H2,1-3H3,(H,25,28). The lowest BCUT2D eigenvalue weighted by Gasteiger charge is -2.34. The van der Waals surface area contributed by atoms with E-state index in [4.69, 9.17) is 9.47 Å².